The number of aromatic amines is 1. The molecule has 3 aromatic rings. The Balaban J connectivity index is 1.71. The standard InChI is InChI=1S/C25H32N6O4/c1-5-8-14-30-20-19(21(32)27-23(30)34)29(7-3)18(26-20)15-31-22(33)25(4,28-24(31)35)17-12-10-16(9-6-2)11-13-17/h10-13H,5-9,14-15H2,1-4H3,(H,28,35)(H,27,32,34). The molecule has 0 aliphatic carbocycles. The highest BCUT2D eigenvalue weighted by Gasteiger charge is 2.49. The summed E-state index contributed by atoms with van der Waals surface area (Å²) in [6, 6.07) is 7.18. The molecule has 10 nitrogen and oxygen atoms in total. The monoisotopic (exact) mass is 480 g/mol. The maximum atomic E-state index is 13.5. The molecular formula is C25H32N6O4. The average Bonchev–Trinajstić information content (AvgIpc) is 3.30. The maximum Gasteiger partial charge on any atom is 0.330 e. The van der Waals surface area contributed by atoms with Crippen LogP contribution in [0.25, 0.3) is 11.2 Å². The van der Waals surface area contributed by atoms with E-state index in [9.17, 15) is 19.2 Å². The molecule has 1 aliphatic heterocycles. The number of urea groups is 1. The fourth-order valence-corrected chi connectivity index (χ4v) is 4.67. The minimum atomic E-state index is -1.20. The summed E-state index contributed by atoms with van der Waals surface area (Å²) >= 11 is 0. The first-order chi connectivity index (χ1) is 16.7. The lowest BCUT2D eigenvalue weighted by Gasteiger charge is -2.22. The zero-order chi connectivity index (χ0) is 25.3. The predicted molar refractivity (Wildman–Crippen MR) is 132 cm³/mol. The largest absolute Gasteiger partial charge is 0.330 e. The zero-order valence-electron chi connectivity index (χ0n) is 20.7. The van der Waals surface area contributed by atoms with Crippen LogP contribution in [0.3, 0.4) is 0 Å². The van der Waals surface area contributed by atoms with E-state index in [1.807, 2.05) is 38.1 Å². The number of carbonyl (C=O) groups excluding carboxylic acids is 2. The summed E-state index contributed by atoms with van der Waals surface area (Å²) in [5.41, 5.74) is 0.150. The highest BCUT2D eigenvalue weighted by atomic mass is 16.2. The van der Waals surface area contributed by atoms with E-state index in [1.54, 1.807) is 11.5 Å². The van der Waals surface area contributed by atoms with Crippen molar-refractivity contribution in [1.82, 2.24) is 29.3 Å². The molecule has 1 saturated heterocycles. The highest BCUT2D eigenvalue weighted by Crippen LogP contribution is 2.30. The summed E-state index contributed by atoms with van der Waals surface area (Å²) < 4.78 is 3.11. The number of hydrogen-bond donors (Lipinski definition) is 2. The first-order valence-corrected chi connectivity index (χ1v) is 12.2. The number of unbranched alkanes of at least 4 members (excludes halogenated alkanes) is 1. The number of imide groups is 1. The average molecular weight is 481 g/mol. The number of nitrogens with one attached hydrogen (secondary N) is 2. The van der Waals surface area contributed by atoms with Gasteiger partial charge in [0.05, 0.1) is 6.54 Å². The number of amides is 3. The molecule has 1 atom stereocenters. The van der Waals surface area contributed by atoms with Gasteiger partial charge in [0.25, 0.3) is 11.5 Å². The summed E-state index contributed by atoms with van der Waals surface area (Å²) in [5.74, 6) is -0.0207. The third-order valence-corrected chi connectivity index (χ3v) is 6.66. The van der Waals surface area contributed by atoms with Gasteiger partial charge in [0.2, 0.25) is 0 Å². The fraction of sp³-hybridized carbons (Fsp3) is 0.480. The van der Waals surface area contributed by atoms with Crippen LogP contribution in [-0.2, 0) is 36.4 Å². The third kappa shape index (κ3) is 4.17. The van der Waals surface area contributed by atoms with E-state index in [2.05, 4.69) is 22.2 Å². The number of aryl methyl sites for hydroxylation is 3. The van der Waals surface area contributed by atoms with Gasteiger partial charge in [-0.15, -0.1) is 0 Å². The van der Waals surface area contributed by atoms with Crippen LogP contribution in [0.5, 0.6) is 0 Å². The summed E-state index contributed by atoms with van der Waals surface area (Å²) in [6.07, 6.45) is 3.58. The molecule has 186 valence electrons. The second-order valence-electron chi connectivity index (χ2n) is 9.10. The molecule has 10 heteroatoms. The summed E-state index contributed by atoms with van der Waals surface area (Å²) in [7, 11) is 0. The zero-order valence-corrected chi connectivity index (χ0v) is 20.7. The number of fused-ring (bicyclic) bond motifs is 1. The van der Waals surface area contributed by atoms with E-state index in [0.717, 1.165) is 30.6 Å². The van der Waals surface area contributed by atoms with Crippen LogP contribution in [0.2, 0.25) is 0 Å². The molecule has 1 unspecified atom stereocenters. The molecule has 1 fully saturated rings. The number of rotatable bonds is 9. The number of carbonyl (C=O) groups is 2. The molecule has 3 amide bonds. The number of benzene rings is 1. The van der Waals surface area contributed by atoms with Gasteiger partial charge in [0.1, 0.15) is 11.4 Å². The number of H-pyrrole nitrogens is 1. The van der Waals surface area contributed by atoms with Crippen molar-refractivity contribution in [3.63, 3.8) is 0 Å². The van der Waals surface area contributed by atoms with Gasteiger partial charge in [0, 0.05) is 13.1 Å². The van der Waals surface area contributed by atoms with Crippen LogP contribution in [0.1, 0.15) is 63.9 Å². The van der Waals surface area contributed by atoms with Crippen LogP contribution in [0, 0.1) is 0 Å². The first kappa shape index (κ1) is 24.4. The molecule has 3 heterocycles. The topological polar surface area (TPSA) is 122 Å². The van der Waals surface area contributed by atoms with E-state index >= 15 is 0 Å². The summed E-state index contributed by atoms with van der Waals surface area (Å²) in [4.78, 5) is 59.6. The van der Waals surface area contributed by atoms with Crippen molar-refractivity contribution >= 4 is 23.1 Å². The fourth-order valence-electron chi connectivity index (χ4n) is 4.67. The van der Waals surface area contributed by atoms with E-state index in [1.165, 1.54) is 10.1 Å². The maximum absolute atomic E-state index is 13.5. The van der Waals surface area contributed by atoms with E-state index < -0.39 is 28.7 Å². The Labute approximate surface area is 203 Å². The van der Waals surface area contributed by atoms with Crippen molar-refractivity contribution in [2.75, 3.05) is 0 Å². The molecule has 2 N–H and O–H groups in total. The first-order valence-electron chi connectivity index (χ1n) is 12.2. The van der Waals surface area contributed by atoms with Gasteiger partial charge in [-0.1, -0.05) is 51.0 Å². The second kappa shape index (κ2) is 9.52. The molecule has 35 heavy (non-hydrogen) atoms. The quantitative estimate of drug-likeness (QED) is 0.456. The Kier molecular flexibility index (Phi) is 6.64. The lowest BCUT2D eigenvalue weighted by molar-refractivity contribution is -0.131. The molecule has 0 bridgehead atoms. The summed E-state index contributed by atoms with van der Waals surface area (Å²) in [5, 5.41) is 2.83. The Hall–Kier alpha value is -3.69. The molecule has 0 saturated carbocycles. The van der Waals surface area contributed by atoms with Crippen molar-refractivity contribution in [2.45, 2.75) is 78.6 Å². The smallest absolute Gasteiger partial charge is 0.321 e. The molecule has 2 aromatic heterocycles. The minimum absolute atomic E-state index is 0.113. The lowest BCUT2D eigenvalue weighted by Crippen LogP contribution is -2.40. The van der Waals surface area contributed by atoms with Crippen molar-refractivity contribution in [1.29, 1.82) is 0 Å². The van der Waals surface area contributed by atoms with Crippen LogP contribution < -0.4 is 16.6 Å². The minimum Gasteiger partial charge on any atom is -0.321 e. The van der Waals surface area contributed by atoms with Gasteiger partial charge in [-0.25, -0.2) is 14.6 Å². The van der Waals surface area contributed by atoms with Gasteiger partial charge in [-0.05, 0) is 37.8 Å². The number of aromatic nitrogens is 4. The predicted octanol–water partition coefficient (Wildman–Crippen LogP) is 2.63. The van der Waals surface area contributed by atoms with Crippen molar-refractivity contribution in [3.8, 4) is 0 Å². The second-order valence-corrected chi connectivity index (χ2v) is 9.10. The molecule has 4 rings (SSSR count). The van der Waals surface area contributed by atoms with Gasteiger partial charge < -0.3 is 9.88 Å². The van der Waals surface area contributed by atoms with Crippen molar-refractivity contribution in [3.05, 3.63) is 62.1 Å². The molecule has 0 radical (unpaired) electrons. The van der Waals surface area contributed by atoms with Gasteiger partial charge in [0.15, 0.2) is 11.2 Å². The third-order valence-electron chi connectivity index (χ3n) is 6.66. The number of imidazole rings is 1. The van der Waals surface area contributed by atoms with E-state index in [-0.39, 0.29) is 17.7 Å². The normalized spacial score (nSPS) is 18.0. The Morgan fingerprint density at radius 3 is 2.31 bits per heavy atom. The molecule has 1 aromatic carbocycles. The van der Waals surface area contributed by atoms with Crippen LogP contribution >= 0.6 is 0 Å². The Bertz CT molecular complexity index is 1380. The van der Waals surface area contributed by atoms with Crippen molar-refractivity contribution in [2.24, 2.45) is 0 Å². The van der Waals surface area contributed by atoms with E-state index in [0.29, 0.717) is 24.5 Å². The van der Waals surface area contributed by atoms with Gasteiger partial charge in [-0.3, -0.25) is 24.0 Å². The Morgan fingerprint density at radius 1 is 0.971 bits per heavy atom. The van der Waals surface area contributed by atoms with Crippen LogP contribution in [-0.4, -0.2) is 35.9 Å². The van der Waals surface area contributed by atoms with Gasteiger partial charge in [-0.2, -0.15) is 0 Å². The number of nitrogens with zero attached hydrogens (tertiary/aromatic N) is 4. The van der Waals surface area contributed by atoms with Gasteiger partial charge >= 0.3 is 11.7 Å². The summed E-state index contributed by atoms with van der Waals surface area (Å²) in [6.45, 7) is 8.35. The number of hydrogen-bond acceptors (Lipinski definition) is 5. The lowest BCUT2D eigenvalue weighted by atomic mass is 9.91. The SMILES string of the molecule is CCCCn1c(=O)[nH]c(=O)c2c1nc(CN1C(=O)NC(C)(c3ccc(CCC)cc3)C1=O)n2CC. The Morgan fingerprint density at radius 2 is 1.69 bits per heavy atom. The molecule has 0 spiro atoms. The highest BCUT2D eigenvalue weighted by molar-refractivity contribution is 6.07. The molecule has 1 aliphatic rings. The van der Waals surface area contributed by atoms with Crippen LogP contribution in [0.15, 0.2) is 33.9 Å². The van der Waals surface area contributed by atoms with Crippen LogP contribution in [0.4, 0.5) is 4.79 Å². The molecular weight excluding hydrogens is 448 g/mol. The van der Waals surface area contributed by atoms with E-state index in [4.69, 9.17) is 0 Å². The van der Waals surface area contributed by atoms with Crippen molar-refractivity contribution < 1.29 is 9.59 Å².